The Labute approximate surface area is 162 Å². The lowest BCUT2D eigenvalue weighted by atomic mass is 10.3. The van der Waals surface area contributed by atoms with Crippen molar-refractivity contribution in [1.29, 1.82) is 0 Å². The first-order valence-electron chi connectivity index (χ1n) is 9.17. The van der Waals surface area contributed by atoms with E-state index in [1.54, 1.807) is 24.0 Å². The maximum atomic E-state index is 12.6. The molecule has 1 amide bonds. The lowest BCUT2D eigenvalue weighted by Gasteiger charge is -2.17. The van der Waals surface area contributed by atoms with E-state index in [2.05, 4.69) is 30.6 Å². The average molecular weight is 381 g/mol. The molecule has 3 aromatic heterocycles. The van der Waals surface area contributed by atoms with Crippen LogP contribution in [0.5, 0.6) is 5.75 Å². The van der Waals surface area contributed by atoms with Crippen molar-refractivity contribution in [3.63, 3.8) is 0 Å². The van der Waals surface area contributed by atoms with Crippen LogP contribution in [0.15, 0.2) is 30.7 Å². The number of hydrogen-bond acceptors (Lipinski definition) is 7. The minimum Gasteiger partial charge on any atom is -0.493 e. The van der Waals surface area contributed by atoms with Crippen molar-refractivity contribution in [3.05, 3.63) is 42.1 Å². The summed E-state index contributed by atoms with van der Waals surface area (Å²) in [5, 5.41) is 10.5. The van der Waals surface area contributed by atoms with Gasteiger partial charge >= 0.3 is 0 Å². The highest BCUT2D eigenvalue weighted by molar-refractivity contribution is 6.03. The third-order valence-electron chi connectivity index (χ3n) is 4.94. The van der Waals surface area contributed by atoms with Gasteiger partial charge in [-0.05, 0) is 32.5 Å². The van der Waals surface area contributed by atoms with Gasteiger partial charge < -0.3 is 20.3 Å². The van der Waals surface area contributed by atoms with Gasteiger partial charge in [-0.25, -0.2) is 14.5 Å². The summed E-state index contributed by atoms with van der Waals surface area (Å²) < 4.78 is 7.10. The topological polar surface area (TPSA) is 96.7 Å². The number of pyridine rings is 1. The van der Waals surface area contributed by atoms with E-state index in [4.69, 9.17) is 4.74 Å². The number of amides is 1. The van der Waals surface area contributed by atoms with Crippen LogP contribution in [0.2, 0.25) is 0 Å². The van der Waals surface area contributed by atoms with Crippen LogP contribution in [0.3, 0.4) is 0 Å². The van der Waals surface area contributed by atoms with Gasteiger partial charge in [-0.1, -0.05) is 0 Å². The number of hydrogen-bond donors (Lipinski definition) is 2. The molecule has 4 rings (SSSR count). The predicted molar refractivity (Wildman–Crippen MR) is 106 cm³/mol. The monoisotopic (exact) mass is 381 g/mol. The van der Waals surface area contributed by atoms with Gasteiger partial charge in [0.1, 0.15) is 11.5 Å². The maximum absolute atomic E-state index is 12.6. The second kappa shape index (κ2) is 7.43. The molecule has 0 unspecified atom stereocenters. The molecule has 0 radical (unpaired) electrons. The Morgan fingerprint density at radius 1 is 1.29 bits per heavy atom. The highest BCUT2D eigenvalue weighted by Crippen LogP contribution is 2.26. The zero-order valence-corrected chi connectivity index (χ0v) is 16.1. The van der Waals surface area contributed by atoms with Crippen LogP contribution in [-0.4, -0.2) is 58.8 Å². The molecular formula is C19H23N7O2. The molecule has 4 heterocycles. The molecule has 0 aliphatic carbocycles. The number of fused-ring (bicyclic) bond motifs is 1. The zero-order valence-electron chi connectivity index (χ0n) is 16.1. The summed E-state index contributed by atoms with van der Waals surface area (Å²) in [6.45, 7) is 3.72. The van der Waals surface area contributed by atoms with Crippen molar-refractivity contribution in [3.8, 4) is 5.75 Å². The Morgan fingerprint density at radius 2 is 2.14 bits per heavy atom. The normalized spacial score (nSPS) is 16.5. The van der Waals surface area contributed by atoms with Gasteiger partial charge in [0.2, 0.25) is 0 Å². The molecule has 28 heavy (non-hydrogen) atoms. The molecule has 0 bridgehead atoms. The second-order valence-corrected chi connectivity index (χ2v) is 6.84. The Kier molecular flexibility index (Phi) is 4.82. The fourth-order valence-electron chi connectivity index (χ4n) is 3.40. The fraction of sp³-hybridized carbons (Fsp3) is 0.368. The zero-order chi connectivity index (χ0) is 19.7. The number of nitrogens with one attached hydrogen (secondary N) is 2. The molecule has 0 spiro atoms. The summed E-state index contributed by atoms with van der Waals surface area (Å²) in [5.74, 6) is 0.958. The van der Waals surface area contributed by atoms with E-state index >= 15 is 0 Å². The molecule has 1 fully saturated rings. The number of aryl methyl sites for hydroxylation is 1. The van der Waals surface area contributed by atoms with Crippen LogP contribution in [0.1, 0.15) is 22.6 Å². The van der Waals surface area contributed by atoms with Crippen molar-refractivity contribution in [2.45, 2.75) is 19.4 Å². The van der Waals surface area contributed by atoms with Crippen molar-refractivity contribution in [2.75, 3.05) is 37.5 Å². The van der Waals surface area contributed by atoms with Crippen LogP contribution < -0.4 is 20.3 Å². The first kappa shape index (κ1) is 18.2. The van der Waals surface area contributed by atoms with E-state index in [1.165, 1.54) is 6.20 Å². The molecule has 2 N–H and O–H groups in total. The van der Waals surface area contributed by atoms with Crippen LogP contribution in [0.25, 0.3) is 5.52 Å². The standard InChI is InChI=1S/C19H23N7O2/c1-12-6-14-7-15(17(28-3)11-26(14)24-12)23-19(27)16-8-22-18(9-21-16)25-5-4-13(10-25)20-2/h6-9,11,13,20H,4-5,10H2,1-3H3,(H,23,27)/t13-/m1/s1. The summed E-state index contributed by atoms with van der Waals surface area (Å²) in [7, 11) is 3.51. The van der Waals surface area contributed by atoms with Crippen molar-refractivity contribution in [1.82, 2.24) is 24.9 Å². The quantitative estimate of drug-likeness (QED) is 0.691. The Hall–Kier alpha value is -3.20. The van der Waals surface area contributed by atoms with E-state index < -0.39 is 0 Å². The lowest BCUT2D eigenvalue weighted by Crippen LogP contribution is -2.30. The number of carbonyl (C=O) groups is 1. The van der Waals surface area contributed by atoms with Gasteiger partial charge in [0.25, 0.3) is 5.91 Å². The molecular weight excluding hydrogens is 358 g/mol. The van der Waals surface area contributed by atoms with Gasteiger partial charge in [0, 0.05) is 19.1 Å². The van der Waals surface area contributed by atoms with Crippen molar-refractivity contribution >= 4 is 22.9 Å². The molecule has 0 aromatic carbocycles. The molecule has 1 atom stereocenters. The molecule has 1 aliphatic rings. The molecule has 1 aliphatic heterocycles. The molecule has 0 saturated carbocycles. The number of carbonyl (C=O) groups excluding carboxylic acids is 1. The smallest absolute Gasteiger partial charge is 0.275 e. The largest absolute Gasteiger partial charge is 0.493 e. The minimum atomic E-state index is -0.340. The van der Waals surface area contributed by atoms with E-state index in [0.717, 1.165) is 36.5 Å². The third kappa shape index (κ3) is 3.48. The van der Waals surface area contributed by atoms with Crippen LogP contribution >= 0.6 is 0 Å². The highest BCUT2D eigenvalue weighted by Gasteiger charge is 2.22. The first-order valence-corrected chi connectivity index (χ1v) is 9.17. The summed E-state index contributed by atoms with van der Waals surface area (Å²) in [6, 6.07) is 4.21. The first-order chi connectivity index (χ1) is 13.6. The minimum absolute atomic E-state index is 0.250. The Bertz CT molecular complexity index is 999. The number of anilines is 2. The maximum Gasteiger partial charge on any atom is 0.275 e. The summed E-state index contributed by atoms with van der Waals surface area (Å²) in [6.07, 6.45) is 5.95. The summed E-state index contributed by atoms with van der Waals surface area (Å²) in [4.78, 5) is 23.5. The molecule has 1 saturated heterocycles. The van der Waals surface area contributed by atoms with Gasteiger partial charge in [-0.3, -0.25) is 4.79 Å². The summed E-state index contributed by atoms with van der Waals surface area (Å²) >= 11 is 0. The average Bonchev–Trinajstić information content (AvgIpc) is 3.32. The van der Waals surface area contributed by atoms with E-state index in [-0.39, 0.29) is 11.6 Å². The van der Waals surface area contributed by atoms with Crippen molar-refractivity contribution in [2.24, 2.45) is 0 Å². The Morgan fingerprint density at radius 3 is 2.82 bits per heavy atom. The van der Waals surface area contributed by atoms with Crippen molar-refractivity contribution < 1.29 is 9.53 Å². The molecule has 9 heteroatoms. The fourth-order valence-corrected chi connectivity index (χ4v) is 3.40. The predicted octanol–water partition coefficient (Wildman–Crippen LogP) is 1.49. The molecule has 3 aromatic rings. The Balaban J connectivity index is 1.51. The van der Waals surface area contributed by atoms with Gasteiger partial charge in [0.05, 0.1) is 42.6 Å². The van der Waals surface area contributed by atoms with E-state index in [0.29, 0.717) is 17.5 Å². The van der Waals surface area contributed by atoms with E-state index in [9.17, 15) is 4.79 Å². The SMILES string of the molecule is CN[C@@H]1CCN(c2cnc(C(=O)Nc3cc4cc(C)nn4cc3OC)cn2)C1. The second-order valence-electron chi connectivity index (χ2n) is 6.84. The number of likely N-dealkylation sites (N-methyl/N-ethyl adjacent to an activating group) is 1. The lowest BCUT2D eigenvalue weighted by molar-refractivity contribution is 0.102. The number of ether oxygens (including phenoxy) is 1. The van der Waals surface area contributed by atoms with Gasteiger partial charge in [0.15, 0.2) is 5.75 Å². The summed E-state index contributed by atoms with van der Waals surface area (Å²) in [5.41, 5.74) is 2.56. The van der Waals surface area contributed by atoms with Gasteiger partial charge in [-0.2, -0.15) is 5.10 Å². The number of aromatic nitrogens is 4. The highest BCUT2D eigenvalue weighted by atomic mass is 16.5. The van der Waals surface area contributed by atoms with Gasteiger partial charge in [-0.15, -0.1) is 0 Å². The van der Waals surface area contributed by atoms with Crippen LogP contribution in [0, 0.1) is 6.92 Å². The van der Waals surface area contributed by atoms with Crippen LogP contribution in [0.4, 0.5) is 11.5 Å². The number of nitrogens with zero attached hydrogens (tertiary/aromatic N) is 5. The molecule has 9 nitrogen and oxygen atoms in total. The van der Waals surface area contributed by atoms with Crippen LogP contribution in [-0.2, 0) is 0 Å². The third-order valence-corrected chi connectivity index (χ3v) is 4.94. The molecule has 146 valence electrons. The number of methoxy groups -OCH3 is 1. The van der Waals surface area contributed by atoms with E-state index in [1.807, 2.05) is 26.1 Å². The number of rotatable bonds is 5.